The lowest BCUT2D eigenvalue weighted by Crippen LogP contribution is -2.27. The van der Waals surface area contributed by atoms with E-state index in [0.717, 1.165) is 4.31 Å². The van der Waals surface area contributed by atoms with E-state index in [2.05, 4.69) is 4.74 Å². The zero-order chi connectivity index (χ0) is 6.91. The standard InChI is InChI=1S/C3H7NO4S/c5-9(6,7)4-1-2-8-3-4/h1-3H2,(H,5,6,7). The Kier molecular flexibility index (Phi) is 1.71. The fourth-order valence-corrected chi connectivity index (χ4v) is 1.09. The van der Waals surface area contributed by atoms with E-state index < -0.39 is 10.3 Å². The van der Waals surface area contributed by atoms with Crippen LogP contribution in [0.15, 0.2) is 0 Å². The molecule has 0 atom stereocenters. The summed E-state index contributed by atoms with van der Waals surface area (Å²) in [6.07, 6.45) is 0. The fraction of sp³-hybridized carbons (Fsp3) is 1.00. The van der Waals surface area contributed by atoms with Gasteiger partial charge in [-0.05, 0) is 0 Å². The van der Waals surface area contributed by atoms with Gasteiger partial charge >= 0.3 is 10.3 Å². The minimum absolute atomic E-state index is 0.0289. The van der Waals surface area contributed by atoms with Crippen LogP contribution in [0.4, 0.5) is 0 Å². The van der Waals surface area contributed by atoms with Gasteiger partial charge in [0.1, 0.15) is 6.73 Å². The van der Waals surface area contributed by atoms with Gasteiger partial charge in [-0.25, -0.2) is 0 Å². The summed E-state index contributed by atoms with van der Waals surface area (Å²) in [5.74, 6) is 0. The third-order valence-electron chi connectivity index (χ3n) is 1.05. The average Bonchev–Trinajstić information content (AvgIpc) is 2.08. The second-order valence-corrected chi connectivity index (χ2v) is 3.10. The topological polar surface area (TPSA) is 66.8 Å². The van der Waals surface area contributed by atoms with Gasteiger partial charge in [0, 0.05) is 6.54 Å². The molecule has 5 nitrogen and oxygen atoms in total. The Morgan fingerprint density at radius 3 is 2.44 bits per heavy atom. The summed E-state index contributed by atoms with van der Waals surface area (Å²) in [5.41, 5.74) is 0. The summed E-state index contributed by atoms with van der Waals surface area (Å²) < 4.78 is 34.3. The van der Waals surface area contributed by atoms with E-state index in [1.807, 2.05) is 0 Å². The van der Waals surface area contributed by atoms with Crippen molar-refractivity contribution < 1.29 is 17.7 Å². The molecule has 54 valence electrons. The van der Waals surface area contributed by atoms with Crippen molar-refractivity contribution in [2.75, 3.05) is 19.9 Å². The monoisotopic (exact) mass is 153 g/mol. The van der Waals surface area contributed by atoms with Crippen LogP contribution in [0, 0.1) is 0 Å². The molecule has 0 bridgehead atoms. The number of hydrogen-bond donors (Lipinski definition) is 1. The summed E-state index contributed by atoms with van der Waals surface area (Å²) >= 11 is 0. The van der Waals surface area contributed by atoms with E-state index in [1.54, 1.807) is 0 Å². The molecule has 0 radical (unpaired) electrons. The minimum atomic E-state index is -3.99. The maximum Gasteiger partial charge on any atom is 0.337 e. The lowest BCUT2D eigenvalue weighted by molar-refractivity contribution is 0.168. The quantitative estimate of drug-likeness (QED) is 0.495. The van der Waals surface area contributed by atoms with Gasteiger partial charge in [-0.15, -0.1) is 0 Å². The highest BCUT2D eigenvalue weighted by atomic mass is 32.2. The molecule has 0 aromatic heterocycles. The Morgan fingerprint density at radius 2 is 2.22 bits per heavy atom. The number of nitrogens with zero attached hydrogens (tertiary/aromatic N) is 1. The van der Waals surface area contributed by atoms with Crippen LogP contribution in [-0.4, -0.2) is 37.2 Å². The lowest BCUT2D eigenvalue weighted by atomic mass is 10.7. The van der Waals surface area contributed by atoms with Gasteiger partial charge < -0.3 is 4.74 Å². The summed E-state index contributed by atoms with van der Waals surface area (Å²) in [5, 5.41) is 0. The van der Waals surface area contributed by atoms with Crippen molar-refractivity contribution in [1.82, 2.24) is 4.31 Å². The third-order valence-corrected chi connectivity index (χ3v) is 1.99. The molecule has 1 N–H and O–H groups in total. The maximum absolute atomic E-state index is 10.2. The van der Waals surface area contributed by atoms with Crippen LogP contribution in [0.5, 0.6) is 0 Å². The number of ether oxygens (including phenoxy) is 1. The first-order chi connectivity index (χ1) is 4.11. The first kappa shape index (κ1) is 6.94. The van der Waals surface area contributed by atoms with E-state index in [9.17, 15) is 8.42 Å². The van der Waals surface area contributed by atoms with Crippen LogP contribution in [0.25, 0.3) is 0 Å². The van der Waals surface area contributed by atoms with E-state index in [0.29, 0.717) is 6.61 Å². The van der Waals surface area contributed by atoms with Crippen molar-refractivity contribution in [1.29, 1.82) is 0 Å². The molecule has 0 aromatic carbocycles. The molecule has 6 heteroatoms. The SMILES string of the molecule is O=S(=O)(O)N1CCOC1. The Hall–Kier alpha value is -0.170. The van der Waals surface area contributed by atoms with Crippen molar-refractivity contribution >= 4 is 10.3 Å². The van der Waals surface area contributed by atoms with Crippen LogP contribution >= 0.6 is 0 Å². The smallest absolute Gasteiger partial charge is 0.337 e. The zero-order valence-electron chi connectivity index (χ0n) is 4.65. The van der Waals surface area contributed by atoms with Crippen molar-refractivity contribution in [2.45, 2.75) is 0 Å². The molecule has 0 spiro atoms. The highest BCUT2D eigenvalue weighted by Gasteiger charge is 2.22. The van der Waals surface area contributed by atoms with Crippen LogP contribution in [-0.2, 0) is 15.0 Å². The Balaban J connectivity index is 2.63. The molecule has 0 unspecified atom stereocenters. The van der Waals surface area contributed by atoms with Crippen molar-refractivity contribution in [3.05, 3.63) is 0 Å². The van der Waals surface area contributed by atoms with E-state index in [4.69, 9.17) is 4.55 Å². The van der Waals surface area contributed by atoms with Gasteiger partial charge in [-0.2, -0.15) is 12.7 Å². The third kappa shape index (κ3) is 1.62. The molecule has 0 aliphatic carbocycles. The van der Waals surface area contributed by atoms with Crippen molar-refractivity contribution in [3.8, 4) is 0 Å². The number of hydrogen-bond acceptors (Lipinski definition) is 3. The van der Waals surface area contributed by atoms with Crippen LogP contribution < -0.4 is 0 Å². The van der Waals surface area contributed by atoms with Crippen LogP contribution in [0.1, 0.15) is 0 Å². The highest BCUT2D eigenvalue weighted by molar-refractivity contribution is 7.83. The molecule has 0 aromatic rings. The van der Waals surface area contributed by atoms with E-state index >= 15 is 0 Å². The minimum Gasteiger partial charge on any atom is -0.364 e. The van der Waals surface area contributed by atoms with Gasteiger partial charge in [0.05, 0.1) is 6.61 Å². The Morgan fingerprint density at radius 1 is 1.56 bits per heavy atom. The van der Waals surface area contributed by atoms with Gasteiger partial charge in [0.25, 0.3) is 0 Å². The first-order valence-corrected chi connectivity index (χ1v) is 3.81. The summed E-state index contributed by atoms with van der Waals surface area (Å²) in [7, 11) is -3.99. The van der Waals surface area contributed by atoms with Gasteiger partial charge in [0.15, 0.2) is 0 Å². The molecule has 1 saturated heterocycles. The predicted molar refractivity (Wildman–Crippen MR) is 29.1 cm³/mol. The lowest BCUT2D eigenvalue weighted by Gasteiger charge is -2.05. The van der Waals surface area contributed by atoms with Crippen LogP contribution in [0.2, 0.25) is 0 Å². The Labute approximate surface area is 53.1 Å². The molecule has 1 fully saturated rings. The molecular weight excluding hydrogens is 146 g/mol. The molecule has 1 aliphatic rings. The zero-order valence-corrected chi connectivity index (χ0v) is 5.47. The van der Waals surface area contributed by atoms with Crippen molar-refractivity contribution in [2.24, 2.45) is 0 Å². The molecule has 1 heterocycles. The maximum atomic E-state index is 10.2. The Bertz CT molecular complexity index is 180. The normalized spacial score (nSPS) is 22.8. The molecule has 0 saturated carbocycles. The van der Waals surface area contributed by atoms with Crippen molar-refractivity contribution in [3.63, 3.8) is 0 Å². The molecule has 1 rings (SSSR count). The summed E-state index contributed by atoms with van der Waals surface area (Å²) in [6, 6.07) is 0. The molecule has 1 aliphatic heterocycles. The molecule has 9 heavy (non-hydrogen) atoms. The largest absolute Gasteiger partial charge is 0.364 e. The predicted octanol–water partition coefficient (Wildman–Crippen LogP) is -0.921. The number of rotatable bonds is 1. The second-order valence-electron chi connectivity index (χ2n) is 1.69. The van der Waals surface area contributed by atoms with Gasteiger partial charge in [-0.1, -0.05) is 0 Å². The van der Waals surface area contributed by atoms with Gasteiger partial charge in [-0.3, -0.25) is 4.55 Å². The summed E-state index contributed by atoms with van der Waals surface area (Å²) in [4.78, 5) is 0. The first-order valence-electron chi connectivity index (χ1n) is 2.41. The van der Waals surface area contributed by atoms with E-state index in [-0.39, 0.29) is 13.3 Å². The average molecular weight is 153 g/mol. The molecule has 0 amide bonds. The highest BCUT2D eigenvalue weighted by Crippen LogP contribution is 2.02. The second kappa shape index (κ2) is 2.22. The summed E-state index contributed by atoms with van der Waals surface area (Å²) in [6.45, 7) is 0.581. The van der Waals surface area contributed by atoms with Gasteiger partial charge in [0.2, 0.25) is 0 Å². The van der Waals surface area contributed by atoms with Crippen LogP contribution in [0.3, 0.4) is 0 Å². The van der Waals surface area contributed by atoms with E-state index in [1.165, 1.54) is 0 Å². The fourth-order valence-electron chi connectivity index (χ4n) is 0.579. The molecular formula is C3H7NO4S.